The molecule has 4 rings (SSSR count). The molecule has 0 amide bonds. The van der Waals surface area contributed by atoms with E-state index in [9.17, 15) is 18.0 Å². The van der Waals surface area contributed by atoms with E-state index >= 15 is 0 Å². The Balaban J connectivity index is 1.32. The van der Waals surface area contributed by atoms with Crippen LogP contribution >= 0.6 is 12.2 Å². The van der Waals surface area contributed by atoms with Gasteiger partial charge in [-0.15, -0.1) is 13.2 Å². The maximum atomic E-state index is 13.0. The number of aryl methyl sites for hydroxylation is 1. The molecule has 1 saturated heterocycles. The molecular formula is C29H37F3N4O3S. The molecule has 0 spiro atoms. The van der Waals surface area contributed by atoms with Crippen LogP contribution in [-0.2, 0) is 0 Å². The zero-order valence-corrected chi connectivity index (χ0v) is 23.7. The Morgan fingerprint density at radius 1 is 1.10 bits per heavy atom. The summed E-state index contributed by atoms with van der Waals surface area (Å²) in [6.45, 7) is 6.49. The van der Waals surface area contributed by atoms with Gasteiger partial charge in [-0.25, -0.2) is 0 Å². The lowest BCUT2D eigenvalue weighted by atomic mass is 10.0. The number of ether oxygens (including phenoxy) is 2. The van der Waals surface area contributed by atoms with E-state index in [4.69, 9.17) is 17.0 Å². The number of hydrogen-bond donors (Lipinski definition) is 2. The number of carbonyl (C=O) groups is 1. The molecule has 1 heterocycles. The van der Waals surface area contributed by atoms with Gasteiger partial charge in [0.15, 0.2) is 10.9 Å². The lowest BCUT2D eigenvalue weighted by molar-refractivity contribution is -0.274. The van der Waals surface area contributed by atoms with E-state index in [0.29, 0.717) is 23.7 Å². The summed E-state index contributed by atoms with van der Waals surface area (Å²) in [6, 6.07) is 12.0. The van der Waals surface area contributed by atoms with E-state index in [-0.39, 0.29) is 24.1 Å². The number of anilines is 1. The summed E-state index contributed by atoms with van der Waals surface area (Å²) in [6.07, 6.45) is -2.12. The number of likely N-dealkylation sites (N-methyl/N-ethyl adjacent to an activating group) is 1. The summed E-state index contributed by atoms with van der Waals surface area (Å²) < 4.78 is 49.4. The van der Waals surface area contributed by atoms with Crippen LogP contribution < -0.4 is 20.1 Å². The number of Topliss-reactive ketones (excluding diaryl/α,β-unsaturated/α-hetero) is 1. The SMILES string of the molecule is Cc1cccc(NC(=S)NC2CCC(Oc3ccc(OC(F)(F)F)c(C(=O)CCCN4CCN(C)CC4)c3)C2)c1. The van der Waals surface area contributed by atoms with E-state index in [1.807, 2.05) is 31.2 Å². The van der Waals surface area contributed by atoms with Crippen LogP contribution in [0.3, 0.4) is 0 Å². The van der Waals surface area contributed by atoms with Crippen LogP contribution in [0.4, 0.5) is 18.9 Å². The van der Waals surface area contributed by atoms with E-state index in [0.717, 1.165) is 56.8 Å². The quantitative estimate of drug-likeness (QED) is 0.288. The van der Waals surface area contributed by atoms with Gasteiger partial charge in [-0.3, -0.25) is 4.79 Å². The fraction of sp³-hybridized carbons (Fsp3) is 0.517. The third kappa shape index (κ3) is 9.35. The Bertz CT molecular complexity index is 1170. The fourth-order valence-electron chi connectivity index (χ4n) is 5.13. The van der Waals surface area contributed by atoms with Gasteiger partial charge in [0.1, 0.15) is 17.6 Å². The minimum Gasteiger partial charge on any atom is -0.490 e. The summed E-state index contributed by atoms with van der Waals surface area (Å²) in [5.41, 5.74) is 1.93. The van der Waals surface area contributed by atoms with Crippen LogP contribution in [0.5, 0.6) is 11.5 Å². The van der Waals surface area contributed by atoms with Crippen molar-refractivity contribution >= 4 is 28.8 Å². The Labute approximate surface area is 239 Å². The number of nitrogens with one attached hydrogen (secondary N) is 2. The second kappa shape index (κ2) is 13.6. The molecule has 1 saturated carbocycles. The van der Waals surface area contributed by atoms with Crippen LogP contribution in [-0.4, -0.2) is 79.0 Å². The number of nitrogens with zero attached hydrogens (tertiary/aromatic N) is 2. The first-order valence-electron chi connectivity index (χ1n) is 13.7. The predicted octanol–water partition coefficient (Wildman–Crippen LogP) is 5.39. The molecule has 2 aromatic carbocycles. The van der Waals surface area contributed by atoms with Crippen molar-refractivity contribution in [1.82, 2.24) is 15.1 Å². The van der Waals surface area contributed by atoms with Crippen LogP contribution in [0.1, 0.15) is 48.0 Å². The maximum Gasteiger partial charge on any atom is 0.573 e. The molecular weight excluding hydrogens is 541 g/mol. The normalized spacial score (nSPS) is 20.2. The molecule has 2 fully saturated rings. The van der Waals surface area contributed by atoms with Crippen LogP contribution in [0, 0.1) is 6.92 Å². The molecule has 11 heteroatoms. The summed E-state index contributed by atoms with van der Waals surface area (Å²) in [7, 11) is 2.07. The number of thiocarbonyl (C=S) groups is 1. The molecule has 218 valence electrons. The number of piperazine rings is 1. The molecule has 7 nitrogen and oxygen atoms in total. The number of carbonyl (C=O) groups excluding carboxylic acids is 1. The van der Waals surface area contributed by atoms with Gasteiger partial charge in [-0.1, -0.05) is 12.1 Å². The third-order valence-corrected chi connectivity index (χ3v) is 7.47. The van der Waals surface area contributed by atoms with E-state index < -0.39 is 17.9 Å². The Kier molecular flexibility index (Phi) is 10.3. The molecule has 2 aliphatic rings. The van der Waals surface area contributed by atoms with Crippen molar-refractivity contribution in [3.05, 3.63) is 53.6 Å². The van der Waals surface area contributed by atoms with Gasteiger partial charge in [-0.2, -0.15) is 0 Å². The molecule has 2 atom stereocenters. The Morgan fingerprint density at radius 3 is 2.60 bits per heavy atom. The largest absolute Gasteiger partial charge is 0.573 e. The van der Waals surface area contributed by atoms with Crippen LogP contribution in [0.2, 0.25) is 0 Å². The van der Waals surface area contributed by atoms with Crippen LogP contribution in [0.15, 0.2) is 42.5 Å². The third-order valence-electron chi connectivity index (χ3n) is 7.25. The van der Waals surface area contributed by atoms with Crippen molar-refractivity contribution in [2.24, 2.45) is 0 Å². The highest BCUT2D eigenvalue weighted by atomic mass is 32.1. The van der Waals surface area contributed by atoms with Crippen molar-refractivity contribution in [2.75, 3.05) is 45.1 Å². The monoisotopic (exact) mass is 578 g/mol. The lowest BCUT2D eigenvalue weighted by Gasteiger charge is -2.32. The second-order valence-electron chi connectivity index (χ2n) is 10.6. The number of benzene rings is 2. The van der Waals surface area contributed by atoms with Gasteiger partial charge >= 0.3 is 6.36 Å². The Hall–Kier alpha value is -2.89. The highest BCUT2D eigenvalue weighted by Crippen LogP contribution is 2.33. The standard InChI is InChI=1S/C29H37F3N4O3S/c1-20-5-3-6-21(17-20)33-28(40)34-22-8-9-23(18-22)38-24-10-11-27(39-29(30,31)32)25(19-24)26(37)7-4-12-36-15-13-35(2)14-16-36/h3,5-6,10-11,17,19,22-23H,4,7-9,12-16,18H2,1-2H3,(H2,33,34,40). The first-order chi connectivity index (χ1) is 19.0. The van der Waals surface area contributed by atoms with Gasteiger partial charge < -0.3 is 29.9 Å². The molecule has 2 N–H and O–H groups in total. The van der Waals surface area contributed by atoms with Gasteiger partial charge in [0.25, 0.3) is 0 Å². The number of rotatable bonds is 10. The van der Waals surface area contributed by atoms with Crippen molar-refractivity contribution < 1.29 is 27.4 Å². The van der Waals surface area contributed by atoms with Crippen molar-refractivity contribution in [3.63, 3.8) is 0 Å². The average molecular weight is 579 g/mol. The zero-order chi connectivity index (χ0) is 28.7. The summed E-state index contributed by atoms with van der Waals surface area (Å²) in [5, 5.41) is 7.03. The number of alkyl halides is 3. The maximum absolute atomic E-state index is 13.0. The van der Waals surface area contributed by atoms with Gasteiger partial charge in [0.05, 0.1) is 5.56 Å². The number of halogens is 3. The predicted molar refractivity (Wildman–Crippen MR) is 153 cm³/mol. The van der Waals surface area contributed by atoms with Crippen molar-refractivity contribution in [2.45, 2.75) is 57.5 Å². The smallest absolute Gasteiger partial charge is 0.490 e. The van der Waals surface area contributed by atoms with E-state index in [2.05, 4.69) is 32.2 Å². The highest BCUT2D eigenvalue weighted by molar-refractivity contribution is 7.80. The highest BCUT2D eigenvalue weighted by Gasteiger charge is 2.33. The van der Waals surface area contributed by atoms with Gasteiger partial charge in [-0.05, 0) is 87.9 Å². The topological polar surface area (TPSA) is 66.1 Å². The van der Waals surface area contributed by atoms with Gasteiger partial charge in [0, 0.05) is 50.7 Å². The van der Waals surface area contributed by atoms with Gasteiger partial charge in [0.2, 0.25) is 0 Å². The molecule has 1 aliphatic heterocycles. The first-order valence-corrected chi connectivity index (χ1v) is 14.1. The Morgan fingerprint density at radius 2 is 1.88 bits per heavy atom. The molecule has 0 bridgehead atoms. The molecule has 0 aromatic heterocycles. The zero-order valence-electron chi connectivity index (χ0n) is 22.9. The number of hydrogen-bond acceptors (Lipinski definition) is 6. The molecule has 0 radical (unpaired) electrons. The van der Waals surface area contributed by atoms with E-state index in [1.54, 1.807) is 0 Å². The number of ketones is 1. The molecule has 1 aliphatic carbocycles. The van der Waals surface area contributed by atoms with Crippen LogP contribution in [0.25, 0.3) is 0 Å². The lowest BCUT2D eigenvalue weighted by Crippen LogP contribution is -2.44. The molecule has 2 aromatic rings. The van der Waals surface area contributed by atoms with Crippen molar-refractivity contribution in [3.8, 4) is 11.5 Å². The molecule has 2 unspecified atom stereocenters. The first kappa shape index (κ1) is 30.1. The minimum atomic E-state index is -4.90. The summed E-state index contributed by atoms with van der Waals surface area (Å²) >= 11 is 5.46. The minimum absolute atomic E-state index is 0.0957. The summed E-state index contributed by atoms with van der Waals surface area (Å²) in [5.74, 6) is -0.539. The molecule has 40 heavy (non-hydrogen) atoms. The summed E-state index contributed by atoms with van der Waals surface area (Å²) in [4.78, 5) is 17.5. The van der Waals surface area contributed by atoms with Crippen molar-refractivity contribution in [1.29, 1.82) is 0 Å². The average Bonchev–Trinajstić information content (AvgIpc) is 3.31. The fourth-order valence-corrected chi connectivity index (χ4v) is 5.41. The van der Waals surface area contributed by atoms with E-state index in [1.165, 1.54) is 18.2 Å². The second-order valence-corrected chi connectivity index (χ2v) is 11.0.